The van der Waals surface area contributed by atoms with Crippen LogP contribution in [0.4, 0.5) is 0 Å². The highest BCUT2D eigenvalue weighted by Crippen LogP contribution is 2.39. The van der Waals surface area contributed by atoms with Crippen LogP contribution < -0.4 is 5.73 Å². The number of thioether (sulfide) groups is 1. The minimum Gasteiger partial charge on any atom is -0.330 e. The highest BCUT2D eigenvalue weighted by molar-refractivity contribution is 7.99. The summed E-state index contributed by atoms with van der Waals surface area (Å²) in [5, 5.41) is 0. The van der Waals surface area contributed by atoms with Crippen LogP contribution in [-0.2, 0) is 0 Å². The molecular weight excluding hydrogens is 154 g/mol. The lowest BCUT2D eigenvalue weighted by Gasteiger charge is -2.28. The van der Waals surface area contributed by atoms with E-state index < -0.39 is 0 Å². The van der Waals surface area contributed by atoms with Gasteiger partial charge in [-0.1, -0.05) is 13.8 Å². The Morgan fingerprint density at radius 1 is 1.55 bits per heavy atom. The molecule has 0 spiro atoms. The van der Waals surface area contributed by atoms with Gasteiger partial charge < -0.3 is 5.73 Å². The van der Waals surface area contributed by atoms with Crippen molar-refractivity contribution >= 4 is 11.8 Å². The van der Waals surface area contributed by atoms with Crippen molar-refractivity contribution in [3.63, 3.8) is 0 Å². The number of hydrogen-bond donors (Lipinski definition) is 1. The third-order valence-corrected chi connectivity index (χ3v) is 3.77. The summed E-state index contributed by atoms with van der Waals surface area (Å²) >= 11 is 2.07. The van der Waals surface area contributed by atoms with Crippen molar-refractivity contribution in [3.05, 3.63) is 0 Å². The Balaban J connectivity index is 2.45. The zero-order valence-electron chi connectivity index (χ0n) is 7.60. The Kier molecular flexibility index (Phi) is 3.26. The highest BCUT2D eigenvalue weighted by atomic mass is 32.2. The number of nitrogens with two attached hydrogens (primary N) is 1. The van der Waals surface area contributed by atoms with Crippen molar-refractivity contribution in [1.82, 2.24) is 0 Å². The second-order valence-corrected chi connectivity index (χ2v) is 5.21. The zero-order valence-corrected chi connectivity index (χ0v) is 8.41. The van der Waals surface area contributed by atoms with Crippen LogP contribution in [0.15, 0.2) is 0 Å². The van der Waals surface area contributed by atoms with Gasteiger partial charge in [-0.25, -0.2) is 0 Å². The first-order valence-corrected chi connectivity index (χ1v) is 5.62. The summed E-state index contributed by atoms with van der Waals surface area (Å²) in [5.41, 5.74) is 6.30. The fourth-order valence-electron chi connectivity index (χ4n) is 1.92. The monoisotopic (exact) mass is 173 g/mol. The van der Waals surface area contributed by atoms with Gasteiger partial charge in [-0.05, 0) is 36.5 Å². The minimum absolute atomic E-state index is 0.499. The molecule has 0 aromatic carbocycles. The molecule has 11 heavy (non-hydrogen) atoms. The molecule has 1 unspecified atom stereocenters. The van der Waals surface area contributed by atoms with E-state index in [4.69, 9.17) is 5.73 Å². The molecule has 1 heterocycles. The molecule has 1 fully saturated rings. The van der Waals surface area contributed by atoms with E-state index in [-0.39, 0.29) is 0 Å². The third-order valence-electron chi connectivity index (χ3n) is 2.46. The second-order valence-electron chi connectivity index (χ2n) is 4.10. The largest absolute Gasteiger partial charge is 0.330 e. The highest BCUT2D eigenvalue weighted by Gasteiger charge is 2.33. The Morgan fingerprint density at radius 2 is 2.27 bits per heavy atom. The van der Waals surface area contributed by atoms with Crippen LogP contribution in [-0.4, -0.2) is 18.1 Å². The van der Waals surface area contributed by atoms with Gasteiger partial charge in [0.15, 0.2) is 0 Å². The lowest BCUT2D eigenvalue weighted by Crippen LogP contribution is -2.31. The molecule has 2 heteroatoms. The van der Waals surface area contributed by atoms with Crippen LogP contribution in [0.25, 0.3) is 0 Å². The molecule has 1 aliphatic heterocycles. The molecule has 0 aliphatic carbocycles. The normalized spacial score (nSPS) is 31.6. The maximum Gasteiger partial charge on any atom is 0.000167 e. The minimum atomic E-state index is 0.499. The van der Waals surface area contributed by atoms with E-state index >= 15 is 0 Å². The van der Waals surface area contributed by atoms with Crippen molar-refractivity contribution in [2.75, 3.05) is 18.1 Å². The Bertz CT molecular complexity index is 117. The predicted octanol–water partition coefficient (Wildman–Crippen LogP) is 2.11. The molecule has 1 rings (SSSR count). The van der Waals surface area contributed by atoms with E-state index in [0.29, 0.717) is 5.41 Å². The summed E-state index contributed by atoms with van der Waals surface area (Å²) in [4.78, 5) is 0. The molecule has 0 saturated carbocycles. The van der Waals surface area contributed by atoms with Crippen molar-refractivity contribution in [2.24, 2.45) is 17.1 Å². The van der Waals surface area contributed by atoms with Crippen molar-refractivity contribution < 1.29 is 0 Å². The first-order chi connectivity index (χ1) is 5.18. The van der Waals surface area contributed by atoms with Crippen LogP contribution in [0.5, 0.6) is 0 Å². The molecule has 2 N–H and O–H groups in total. The number of hydrogen-bond acceptors (Lipinski definition) is 2. The average Bonchev–Trinajstić information content (AvgIpc) is 2.36. The lowest BCUT2D eigenvalue weighted by atomic mass is 9.80. The van der Waals surface area contributed by atoms with Gasteiger partial charge in [-0.3, -0.25) is 0 Å². The smallest absolute Gasteiger partial charge is 0.000167 e. The van der Waals surface area contributed by atoms with E-state index in [2.05, 4.69) is 25.6 Å². The summed E-state index contributed by atoms with van der Waals surface area (Å²) in [5.74, 6) is 3.42. The quantitative estimate of drug-likeness (QED) is 0.707. The first kappa shape index (κ1) is 9.40. The Morgan fingerprint density at radius 3 is 2.64 bits per heavy atom. The van der Waals surface area contributed by atoms with E-state index in [1.807, 2.05) is 0 Å². The third kappa shape index (κ3) is 2.38. The standard InChI is InChI=1S/C9H19NS/c1-8(2)5-9(6-10)3-4-11-7-9/h8H,3-7,10H2,1-2H3. The molecule has 1 nitrogen and oxygen atoms in total. The van der Waals surface area contributed by atoms with Gasteiger partial charge in [0.05, 0.1) is 0 Å². The summed E-state index contributed by atoms with van der Waals surface area (Å²) in [6, 6.07) is 0. The van der Waals surface area contributed by atoms with Crippen LogP contribution in [0.3, 0.4) is 0 Å². The van der Waals surface area contributed by atoms with Crippen molar-refractivity contribution in [3.8, 4) is 0 Å². The molecular formula is C9H19NS. The molecule has 66 valence electrons. The molecule has 0 bridgehead atoms. The van der Waals surface area contributed by atoms with Gasteiger partial charge in [0.2, 0.25) is 0 Å². The van der Waals surface area contributed by atoms with Crippen LogP contribution in [0, 0.1) is 11.3 Å². The van der Waals surface area contributed by atoms with E-state index in [0.717, 1.165) is 12.5 Å². The summed E-state index contributed by atoms with van der Waals surface area (Å²) in [7, 11) is 0. The fourth-order valence-corrected chi connectivity index (χ4v) is 3.46. The van der Waals surface area contributed by atoms with E-state index in [9.17, 15) is 0 Å². The van der Waals surface area contributed by atoms with Crippen LogP contribution in [0.1, 0.15) is 26.7 Å². The predicted molar refractivity (Wildman–Crippen MR) is 52.9 cm³/mol. The molecule has 1 aliphatic rings. The Hall–Kier alpha value is 0.310. The van der Waals surface area contributed by atoms with Crippen molar-refractivity contribution in [1.29, 1.82) is 0 Å². The van der Waals surface area contributed by atoms with Crippen molar-refractivity contribution in [2.45, 2.75) is 26.7 Å². The topological polar surface area (TPSA) is 26.0 Å². The Labute approximate surface area is 74.1 Å². The van der Waals surface area contributed by atoms with Gasteiger partial charge in [-0.2, -0.15) is 11.8 Å². The molecule has 0 radical (unpaired) electrons. The maximum atomic E-state index is 5.80. The zero-order chi connectivity index (χ0) is 8.32. The van der Waals surface area contributed by atoms with Gasteiger partial charge >= 0.3 is 0 Å². The fraction of sp³-hybridized carbons (Fsp3) is 1.00. The molecule has 0 aromatic heterocycles. The van der Waals surface area contributed by atoms with E-state index in [1.54, 1.807) is 0 Å². The summed E-state index contributed by atoms with van der Waals surface area (Å²) < 4.78 is 0. The molecule has 0 amide bonds. The van der Waals surface area contributed by atoms with Crippen LogP contribution >= 0.6 is 11.8 Å². The lowest BCUT2D eigenvalue weighted by molar-refractivity contribution is 0.276. The van der Waals surface area contributed by atoms with E-state index in [1.165, 1.54) is 24.3 Å². The summed E-state index contributed by atoms with van der Waals surface area (Å²) in [6.07, 6.45) is 2.66. The van der Waals surface area contributed by atoms with Gasteiger partial charge in [0.25, 0.3) is 0 Å². The first-order valence-electron chi connectivity index (χ1n) is 4.46. The summed E-state index contributed by atoms with van der Waals surface area (Å²) in [6.45, 7) is 5.47. The van der Waals surface area contributed by atoms with Gasteiger partial charge in [0.1, 0.15) is 0 Å². The SMILES string of the molecule is CC(C)CC1(CN)CCSC1. The average molecular weight is 173 g/mol. The van der Waals surface area contributed by atoms with Gasteiger partial charge in [-0.15, -0.1) is 0 Å². The maximum absolute atomic E-state index is 5.80. The van der Waals surface area contributed by atoms with Gasteiger partial charge in [0, 0.05) is 5.75 Å². The van der Waals surface area contributed by atoms with Crippen LogP contribution in [0.2, 0.25) is 0 Å². The molecule has 0 aromatic rings. The number of rotatable bonds is 3. The molecule has 1 saturated heterocycles. The second kappa shape index (κ2) is 3.81. The molecule has 1 atom stereocenters.